The van der Waals surface area contributed by atoms with Crippen LogP contribution in [0.5, 0.6) is 0 Å². The lowest BCUT2D eigenvalue weighted by Gasteiger charge is -2.30. The Morgan fingerprint density at radius 2 is 1.80 bits per heavy atom. The van der Waals surface area contributed by atoms with Gasteiger partial charge in [-0.2, -0.15) is 0 Å². The molecule has 4 aromatic rings. The minimum atomic E-state index is -0.177. The predicted octanol–water partition coefficient (Wildman–Crippen LogP) is 4.25. The Morgan fingerprint density at radius 1 is 0.933 bits per heavy atom. The zero-order valence-corrected chi connectivity index (χ0v) is 16.7. The third kappa shape index (κ3) is 2.99. The molecule has 152 valence electrons. The minimum absolute atomic E-state index is 0.177. The van der Waals surface area contributed by atoms with Crippen molar-refractivity contribution in [2.45, 2.75) is 13.0 Å². The fourth-order valence-corrected chi connectivity index (χ4v) is 4.69. The number of aromatic nitrogens is 2. The summed E-state index contributed by atoms with van der Waals surface area (Å²) in [6.07, 6.45) is 0.901. The van der Waals surface area contributed by atoms with Gasteiger partial charge >= 0.3 is 0 Å². The van der Waals surface area contributed by atoms with Crippen molar-refractivity contribution in [2.75, 3.05) is 42.6 Å². The molecule has 6 heteroatoms. The largest absolute Gasteiger partial charge is 0.378 e. The van der Waals surface area contributed by atoms with Crippen molar-refractivity contribution in [2.24, 2.45) is 0 Å². The molecule has 2 aromatic heterocycles. The molecule has 2 aromatic carbocycles. The van der Waals surface area contributed by atoms with E-state index in [2.05, 4.69) is 45.1 Å². The third-order valence-electron chi connectivity index (χ3n) is 6.30. The fraction of sp³-hybridized carbons (Fsp3) is 0.292. The van der Waals surface area contributed by atoms with Crippen LogP contribution in [0.1, 0.15) is 11.3 Å². The van der Waals surface area contributed by atoms with Crippen molar-refractivity contribution in [1.82, 2.24) is 9.97 Å². The van der Waals surface area contributed by atoms with Crippen molar-refractivity contribution in [1.29, 1.82) is 0 Å². The van der Waals surface area contributed by atoms with Gasteiger partial charge in [-0.05, 0) is 54.4 Å². The van der Waals surface area contributed by atoms with Crippen LogP contribution in [0.25, 0.3) is 21.8 Å². The fourth-order valence-electron chi connectivity index (χ4n) is 4.69. The summed E-state index contributed by atoms with van der Waals surface area (Å²) in [4.78, 5) is 13.1. The molecule has 1 N–H and O–H groups in total. The van der Waals surface area contributed by atoms with Gasteiger partial charge in [-0.3, -0.25) is 0 Å². The molecule has 0 atom stereocenters. The third-order valence-corrected chi connectivity index (χ3v) is 6.30. The van der Waals surface area contributed by atoms with Gasteiger partial charge in [0, 0.05) is 47.3 Å². The maximum Gasteiger partial charge on any atom is 0.129 e. The van der Waals surface area contributed by atoms with Crippen LogP contribution in [0.3, 0.4) is 0 Å². The maximum absolute atomic E-state index is 13.7. The monoisotopic (exact) mass is 402 g/mol. The number of nitrogens with one attached hydrogen (secondary N) is 1. The molecule has 1 fully saturated rings. The van der Waals surface area contributed by atoms with E-state index in [-0.39, 0.29) is 5.82 Å². The average molecular weight is 402 g/mol. The highest BCUT2D eigenvalue weighted by atomic mass is 19.1. The molecule has 0 radical (unpaired) electrons. The highest BCUT2D eigenvalue weighted by Gasteiger charge is 2.21. The number of ether oxygens (including phenoxy) is 1. The Bertz CT molecular complexity index is 1240. The van der Waals surface area contributed by atoms with Crippen molar-refractivity contribution < 1.29 is 9.13 Å². The smallest absolute Gasteiger partial charge is 0.129 e. The van der Waals surface area contributed by atoms with Gasteiger partial charge in [0.2, 0.25) is 0 Å². The van der Waals surface area contributed by atoms with Crippen LogP contribution in [0, 0.1) is 5.82 Å². The number of fused-ring (bicyclic) bond motifs is 4. The first-order chi connectivity index (χ1) is 14.7. The van der Waals surface area contributed by atoms with Crippen molar-refractivity contribution in [3.8, 4) is 0 Å². The molecule has 0 amide bonds. The first kappa shape index (κ1) is 17.7. The van der Waals surface area contributed by atoms with Crippen molar-refractivity contribution >= 4 is 33.3 Å². The van der Waals surface area contributed by atoms with Crippen LogP contribution in [-0.2, 0) is 17.7 Å². The Kier molecular flexibility index (Phi) is 4.13. The Hall–Kier alpha value is -3.12. The number of H-pyrrole nitrogens is 1. The van der Waals surface area contributed by atoms with E-state index in [1.807, 2.05) is 6.07 Å². The summed E-state index contributed by atoms with van der Waals surface area (Å²) >= 11 is 0. The molecular formula is C24H23FN4O. The number of aromatic amines is 1. The number of pyridine rings is 1. The zero-order valence-electron chi connectivity index (χ0n) is 16.7. The molecule has 0 unspecified atom stereocenters. The Morgan fingerprint density at radius 3 is 2.70 bits per heavy atom. The summed E-state index contributed by atoms with van der Waals surface area (Å²) < 4.78 is 19.2. The number of halogens is 1. The van der Waals surface area contributed by atoms with E-state index in [9.17, 15) is 4.39 Å². The molecular weight excluding hydrogens is 379 g/mol. The second-order valence-corrected chi connectivity index (χ2v) is 8.09. The summed E-state index contributed by atoms with van der Waals surface area (Å²) in [5.41, 5.74) is 5.62. The van der Waals surface area contributed by atoms with Gasteiger partial charge in [-0.15, -0.1) is 0 Å². The number of hydrogen-bond donors (Lipinski definition) is 1. The van der Waals surface area contributed by atoms with Crippen LogP contribution in [0.15, 0.2) is 48.5 Å². The standard InChI is InChI=1S/C24H23FN4O/c25-17-3-5-21-20(13-17)19-7-8-29(15-23(19)26-21)18-4-1-16-2-6-24(27-22(16)14-18)28-9-11-30-12-10-28/h1-6,13-14,26H,7-12,15H2. The molecule has 2 aliphatic heterocycles. The lowest BCUT2D eigenvalue weighted by Crippen LogP contribution is -2.36. The van der Waals surface area contributed by atoms with Crippen LogP contribution < -0.4 is 9.80 Å². The quantitative estimate of drug-likeness (QED) is 0.544. The van der Waals surface area contributed by atoms with Crippen LogP contribution in [0.2, 0.25) is 0 Å². The summed E-state index contributed by atoms with van der Waals surface area (Å²) in [5, 5.41) is 2.16. The lowest BCUT2D eigenvalue weighted by atomic mass is 10.0. The highest BCUT2D eigenvalue weighted by Crippen LogP contribution is 2.32. The molecule has 5 nitrogen and oxygen atoms in total. The molecule has 0 aliphatic carbocycles. The van der Waals surface area contributed by atoms with E-state index in [1.165, 1.54) is 23.0 Å². The van der Waals surface area contributed by atoms with E-state index >= 15 is 0 Å². The number of hydrogen-bond acceptors (Lipinski definition) is 4. The summed E-state index contributed by atoms with van der Waals surface area (Å²) in [5.74, 6) is 0.838. The first-order valence-electron chi connectivity index (χ1n) is 10.5. The summed E-state index contributed by atoms with van der Waals surface area (Å²) in [6, 6.07) is 15.8. The van der Waals surface area contributed by atoms with Gasteiger partial charge in [-0.1, -0.05) is 6.07 Å². The van der Waals surface area contributed by atoms with Gasteiger partial charge in [0.25, 0.3) is 0 Å². The first-order valence-corrected chi connectivity index (χ1v) is 10.5. The van der Waals surface area contributed by atoms with E-state index in [1.54, 1.807) is 6.07 Å². The molecule has 0 bridgehead atoms. The number of anilines is 2. The van der Waals surface area contributed by atoms with Gasteiger partial charge in [0.05, 0.1) is 25.3 Å². The number of morpholine rings is 1. The Labute approximate surface area is 174 Å². The zero-order chi connectivity index (χ0) is 20.1. The summed E-state index contributed by atoms with van der Waals surface area (Å²) in [6.45, 7) is 4.97. The van der Waals surface area contributed by atoms with Gasteiger partial charge in [0.1, 0.15) is 11.6 Å². The number of nitrogens with zero attached hydrogens (tertiary/aromatic N) is 3. The second-order valence-electron chi connectivity index (χ2n) is 8.09. The molecule has 2 aliphatic rings. The van der Waals surface area contributed by atoms with Crippen LogP contribution >= 0.6 is 0 Å². The van der Waals surface area contributed by atoms with Gasteiger partial charge in [-0.25, -0.2) is 9.37 Å². The highest BCUT2D eigenvalue weighted by molar-refractivity contribution is 5.86. The molecule has 0 spiro atoms. The van der Waals surface area contributed by atoms with Crippen LogP contribution in [0.4, 0.5) is 15.9 Å². The van der Waals surface area contributed by atoms with Gasteiger partial charge in [0.15, 0.2) is 0 Å². The lowest BCUT2D eigenvalue weighted by molar-refractivity contribution is 0.122. The summed E-state index contributed by atoms with van der Waals surface area (Å²) in [7, 11) is 0. The maximum atomic E-state index is 13.7. The molecule has 4 heterocycles. The van der Waals surface area contributed by atoms with E-state index in [0.29, 0.717) is 0 Å². The number of rotatable bonds is 2. The van der Waals surface area contributed by atoms with Crippen molar-refractivity contribution in [3.05, 3.63) is 65.6 Å². The van der Waals surface area contributed by atoms with Crippen molar-refractivity contribution in [3.63, 3.8) is 0 Å². The van der Waals surface area contributed by atoms with Crippen LogP contribution in [-0.4, -0.2) is 42.8 Å². The molecule has 0 saturated carbocycles. The second kappa shape index (κ2) is 6.99. The molecule has 30 heavy (non-hydrogen) atoms. The van der Waals surface area contributed by atoms with E-state index < -0.39 is 0 Å². The predicted molar refractivity (Wildman–Crippen MR) is 118 cm³/mol. The number of benzene rings is 2. The normalized spacial score (nSPS) is 17.0. The minimum Gasteiger partial charge on any atom is -0.378 e. The SMILES string of the molecule is Fc1ccc2[nH]c3c(c2c1)CCN(c1ccc2ccc(N4CCOCC4)nc2c1)C3. The Balaban J connectivity index is 1.32. The van der Waals surface area contributed by atoms with E-state index in [0.717, 1.165) is 73.4 Å². The van der Waals surface area contributed by atoms with Gasteiger partial charge < -0.3 is 19.5 Å². The molecule has 1 saturated heterocycles. The molecule has 6 rings (SSSR count). The topological polar surface area (TPSA) is 44.4 Å². The van der Waals surface area contributed by atoms with E-state index in [4.69, 9.17) is 9.72 Å². The average Bonchev–Trinajstić information content (AvgIpc) is 3.16.